The second kappa shape index (κ2) is 9.09. The standard InChI is InChI=1S/C20H24N4O3S/c1-2-8-22-28(26,27)19-7-3-6-18(14-19)20(25)24-12-10-23(11-13-24)16-17-5-4-9-21-15-17/h2-7,9,14-15,22H,1,8,10-13,16H2. The molecule has 2 heterocycles. The van der Waals surface area contributed by atoms with Crippen molar-refractivity contribution in [3.8, 4) is 0 Å². The summed E-state index contributed by atoms with van der Waals surface area (Å²) in [4.78, 5) is 21.1. The fraction of sp³-hybridized carbons (Fsp3) is 0.300. The van der Waals surface area contributed by atoms with Crippen molar-refractivity contribution in [2.45, 2.75) is 11.4 Å². The Kier molecular flexibility index (Phi) is 6.56. The zero-order chi connectivity index (χ0) is 20.0. The van der Waals surface area contributed by atoms with Crippen molar-refractivity contribution in [3.05, 3.63) is 72.6 Å². The predicted octanol–water partition coefficient (Wildman–Crippen LogP) is 1.50. The van der Waals surface area contributed by atoms with Crippen LogP contribution in [0.1, 0.15) is 15.9 Å². The van der Waals surface area contributed by atoms with Gasteiger partial charge in [0.05, 0.1) is 4.90 Å². The first-order chi connectivity index (χ1) is 13.5. The molecule has 2 aromatic rings. The molecule has 1 fully saturated rings. The number of sulfonamides is 1. The van der Waals surface area contributed by atoms with Gasteiger partial charge in [-0.15, -0.1) is 6.58 Å². The minimum Gasteiger partial charge on any atom is -0.336 e. The Morgan fingerprint density at radius 2 is 1.96 bits per heavy atom. The highest BCUT2D eigenvalue weighted by atomic mass is 32.2. The summed E-state index contributed by atoms with van der Waals surface area (Å²) < 4.78 is 26.9. The summed E-state index contributed by atoms with van der Waals surface area (Å²) in [7, 11) is -3.66. The first-order valence-electron chi connectivity index (χ1n) is 9.11. The molecular weight excluding hydrogens is 376 g/mol. The van der Waals surface area contributed by atoms with Crippen LogP contribution >= 0.6 is 0 Å². The molecule has 0 bridgehead atoms. The van der Waals surface area contributed by atoms with E-state index in [2.05, 4.69) is 21.2 Å². The van der Waals surface area contributed by atoms with E-state index in [1.807, 2.05) is 18.3 Å². The van der Waals surface area contributed by atoms with Gasteiger partial charge in [-0.05, 0) is 29.8 Å². The molecular formula is C20H24N4O3S. The highest BCUT2D eigenvalue weighted by Crippen LogP contribution is 2.15. The number of pyridine rings is 1. The highest BCUT2D eigenvalue weighted by molar-refractivity contribution is 7.89. The van der Waals surface area contributed by atoms with Gasteiger partial charge in [0.15, 0.2) is 0 Å². The second-order valence-corrected chi connectivity index (χ2v) is 8.36. The van der Waals surface area contributed by atoms with E-state index in [9.17, 15) is 13.2 Å². The molecule has 148 valence electrons. The molecule has 28 heavy (non-hydrogen) atoms. The molecule has 1 N–H and O–H groups in total. The molecule has 1 aromatic heterocycles. The van der Waals surface area contributed by atoms with Crippen molar-refractivity contribution in [3.63, 3.8) is 0 Å². The van der Waals surface area contributed by atoms with Crippen molar-refractivity contribution in [1.82, 2.24) is 19.5 Å². The summed E-state index contributed by atoms with van der Waals surface area (Å²) >= 11 is 0. The smallest absolute Gasteiger partial charge is 0.253 e. The van der Waals surface area contributed by atoms with E-state index in [1.54, 1.807) is 23.2 Å². The average Bonchev–Trinajstić information content (AvgIpc) is 2.73. The molecule has 1 aliphatic heterocycles. The fourth-order valence-corrected chi connectivity index (χ4v) is 4.13. The average molecular weight is 401 g/mol. The van der Waals surface area contributed by atoms with Crippen LogP contribution in [0.4, 0.5) is 0 Å². The fourth-order valence-electron chi connectivity index (χ4n) is 3.09. The van der Waals surface area contributed by atoms with Crippen LogP contribution in [-0.2, 0) is 16.6 Å². The Morgan fingerprint density at radius 3 is 2.64 bits per heavy atom. The van der Waals surface area contributed by atoms with Gasteiger partial charge in [-0.1, -0.05) is 18.2 Å². The molecule has 0 saturated carbocycles. The lowest BCUT2D eigenvalue weighted by Gasteiger charge is -2.34. The van der Waals surface area contributed by atoms with Gasteiger partial charge < -0.3 is 4.90 Å². The van der Waals surface area contributed by atoms with Gasteiger partial charge in [0.2, 0.25) is 10.0 Å². The number of nitrogens with zero attached hydrogens (tertiary/aromatic N) is 3. The minimum absolute atomic E-state index is 0.0791. The Balaban J connectivity index is 1.62. The van der Waals surface area contributed by atoms with Gasteiger partial charge >= 0.3 is 0 Å². The molecule has 0 atom stereocenters. The molecule has 8 heteroatoms. The van der Waals surface area contributed by atoms with E-state index >= 15 is 0 Å². The van der Waals surface area contributed by atoms with Crippen LogP contribution in [0.5, 0.6) is 0 Å². The van der Waals surface area contributed by atoms with Crippen LogP contribution in [0.25, 0.3) is 0 Å². The molecule has 1 aliphatic rings. The van der Waals surface area contributed by atoms with E-state index in [-0.39, 0.29) is 17.3 Å². The number of aromatic nitrogens is 1. The third-order valence-corrected chi connectivity index (χ3v) is 6.02. The van der Waals surface area contributed by atoms with Crippen LogP contribution in [0, 0.1) is 0 Å². The first kappa shape index (κ1) is 20.2. The Morgan fingerprint density at radius 1 is 1.18 bits per heavy atom. The van der Waals surface area contributed by atoms with E-state index < -0.39 is 10.0 Å². The lowest BCUT2D eigenvalue weighted by molar-refractivity contribution is 0.0628. The van der Waals surface area contributed by atoms with Crippen LogP contribution in [-0.4, -0.2) is 61.8 Å². The maximum Gasteiger partial charge on any atom is 0.253 e. The number of hydrogen-bond acceptors (Lipinski definition) is 5. The molecule has 0 unspecified atom stereocenters. The number of benzene rings is 1. The quantitative estimate of drug-likeness (QED) is 0.713. The number of rotatable bonds is 7. The Hall–Kier alpha value is -2.55. The van der Waals surface area contributed by atoms with Crippen LogP contribution < -0.4 is 4.72 Å². The van der Waals surface area contributed by atoms with Crippen LogP contribution in [0.3, 0.4) is 0 Å². The molecule has 3 rings (SSSR count). The van der Waals surface area contributed by atoms with Gasteiger partial charge in [-0.3, -0.25) is 14.7 Å². The van der Waals surface area contributed by atoms with Crippen LogP contribution in [0.15, 0.2) is 66.3 Å². The lowest BCUT2D eigenvalue weighted by atomic mass is 10.1. The van der Waals surface area contributed by atoms with Gasteiger partial charge in [-0.25, -0.2) is 13.1 Å². The molecule has 0 aliphatic carbocycles. The molecule has 0 radical (unpaired) electrons. The Labute approximate surface area is 165 Å². The van der Waals surface area contributed by atoms with Crippen molar-refractivity contribution in [2.75, 3.05) is 32.7 Å². The lowest BCUT2D eigenvalue weighted by Crippen LogP contribution is -2.48. The molecule has 1 aromatic carbocycles. The highest BCUT2D eigenvalue weighted by Gasteiger charge is 2.23. The van der Waals surface area contributed by atoms with Crippen molar-refractivity contribution >= 4 is 15.9 Å². The number of carbonyl (C=O) groups is 1. The van der Waals surface area contributed by atoms with E-state index in [4.69, 9.17) is 0 Å². The summed E-state index contributed by atoms with van der Waals surface area (Å²) in [5.74, 6) is -0.151. The second-order valence-electron chi connectivity index (χ2n) is 6.60. The molecule has 0 spiro atoms. The van der Waals surface area contributed by atoms with Gasteiger partial charge in [0.1, 0.15) is 0 Å². The summed E-state index contributed by atoms with van der Waals surface area (Å²) in [5, 5.41) is 0. The topological polar surface area (TPSA) is 82.6 Å². The van der Waals surface area contributed by atoms with E-state index in [0.29, 0.717) is 18.7 Å². The van der Waals surface area contributed by atoms with Gasteiger partial charge in [-0.2, -0.15) is 0 Å². The molecule has 1 amide bonds. The number of amides is 1. The predicted molar refractivity (Wildman–Crippen MR) is 107 cm³/mol. The van der Waals surface area contributed by atoms with Gasteiger partial charge in [0, 0.05) is 57.2 Å². The van der Waals surface area contributed by atoms with Crippen LogP contribution in [0.2, 0.25) is 0 Å². The summed E-state index contributed by atoms with van der Waals surface area (Å²) in [6, 6.07) is 10.1. The maximum absolute atomic E-state index is 12.8. The Bertz CT molecular complexity index is 923. The third kappa shape index (κ3) is 5.03. The monoisotopic (exact) mass is 400 g/mol. The van der Waals surface area contributed by atoms with Crippen molar-refractivity contribution in [2.24, 2.45) is 0 Å². The zero-order valence-corrected chi connectivity index (χ0v) is 16.4. The maximum atomic E-state index is 12.8. The number of nitrogens with one attached hydrogen (secondary N) is 1. The number of piperazine rings is 1. The zero-order valence-electron chi connectivity index (χ0n) is 15.6. The molecule has 7 nitrogen and oxygen atoms in total. The van der Waals surface area contributed by atoms with E-state index in [0.717, 1.165) is 25.2 Å². The number of carbonyl (C=O) groups excluding carboxylic acids is 1. The van der Waals surface area contributed by atoms with Crippen molar-refractivity contribution in [1.29, 1.82) is 0 Å². The minimum atomic E-state index is -3.66. The summed E-state index contributed by atoms with van der Waals surface area (Å²) in [6.07, 6.45) is 5.07. The van der Waals surface area contributed by atoms with E-state index in [1.165, 1.54) is 18.2 Å². The first-order valence-corrected chi connectivity index (χ1v) is 10.6. The SMILES string of the molecule is C=CCNS(=O)(=O)c1cccc(C(=O)N2CCN(Cc3cccnc3)CC2)c1. The normalized spacial score (nSPS) is 15.4. The largest absolute Gasteiger partial charge is 0.336 e. The summed E-state index contributed by atoms with van der Waals surface area (Å²) in [5.41, 5.74) is 1.52. The van der Waals surface area contributed by atoms with Gasteiger partial charge in [0.25, 0.3) is 5.91 Å². The molecule has 1 saturated heterocycles. The number of hydrogen-bond donors (Lipinski definition) is 1. The summed E-state index contributed by atoms with van der Waals surface area (Å²) in [6.45, 7) is 7.17. The third-order valence-electron chi connectivity index (χ3n) is 4.60. The van der Waals surface area contributed by atoms with Crippen molar-refractivity contribution < 1.29 is 13.2 Å².